The number of amides is 2. The first kappa shape index (κ1) is 17.8. The third-order valence-corrected chi connectivity index (χ3v) is 4.99. The van der Waals surface area contributed by atoms with Crippen LogP contribution in [0.3, 0.4) is 0 Å². The van der Waals surface area contributed by atoms with Crippen LogP contribution in [0.25, 0.3) is 0 Å². The van der Waals surface area contributed by atoms with E-state index >= 15 is 0 Å². The number of hydrogen-bond acceptors (Lipinski definition) is 3. The molecule has 1 fully saturated rings. The Bertz CT molecular complexity index is 569. The molecule has 0 aliphatic carbocycles. The van der Waals surface area contributed by atoms with Crippen LogP contribution in [-0.4, -0.2) is 46.0 Å². The summed E-state index contributed by atoms with van der Waals surface area (Å²) in [7, 11) is 1.94. The molecule has 2 amide bonds. The second-order valence-corrected chi connectivity index (χ2v) is 6.69. The Balaban J connectivity index is 2.11. The Kier molecular flexibility index (Phi) is 5.34. The van der Waals surface area contributed by atoms with Gasteiger partial charge in [-0.3, -0.25) is 4.68 Å². The van der Waals surface area contributed by atoms with Gasteiger partial charge in [0.25, 0.3) is 0 Å². The second kappa shape index (κ2) is 6.91. The van der Waals surface area contributed by atoms with E-state index in [1.54, 1.807) is 0 Å². The molecular weight excluding hydrogens is 292 g/mol. The third-order valence-electron chi connectivity index (χ3n) is 4.99. The Morgan fingerprint density at radius 1 is 1.43 bits per heavy atom. The van der Waals surface area contributed by atoms with Crippen molar-refractivity contribution in [3.05, 3.63) is 17.0 Å². The molecule has 1 aromatic rings. The van der Waals surface area contributed by atoms with Crippen LogP contribution >= 0.6 is 0 Å². The van der Waals surface area contributed by atoms with Gasteiger partial charge >= 0.3 is 6.03 Å². The average Bonchev–Trinajstić information content (AvgIpc) is 2.78. The summed E-state index contributed by atoms with van der Waals surface area (Å²) < 4.78 is 7.69. The van der Waals surface area contributed by atoms with Crippen molar-refractivity contribution < 1.29 is 9.53 Å². The van der Waals surface area contributed by atoms with Crippen molar-refractivity contribution in [1.29, 1.82) is 0 Å². The monoisotopic (exact) mass is 322 g/mol. The highest BCUT2D eigenvalue weighted by Gasteiger charge is 2.33. The number of nitrogens with one attached hydrogen (secondary N) is 1. The lowest BCUT2D eigenvalue weighted by Crippen LogP contribution is -2.54. The Labute approximate surface area is 139 Å². The number of aryl methyl sites for hydroxylation is 2. The quantitative estimate of drug-likeness (QED) is 0.927. The topological polar surface area (TPSA) is 59.4 Å². The molecule has 2 rings (SSSR count). The first-order valence-corrected chi connectivity index (χ1v) is 8.50. The van der Waals surface area contributed by atoms with Crippen molar-refractivity contribution in [2.24, 2.45) is 7.05 Å². The molecule has 0 unspecified atom stereocenters. The van der Waals surface area contributed by atoms with Crippen molar-refractivity contribution in [1.82, 2.24) is 20.0 Å². The zero-order valence-electron chi connectivity index (χ0n) is 15.3. The van der Waals surface area contributed by atoms with Gasteiger partial charge in [0.2, 0.25) is 0 Å². The van der Waals surface area contributed by atoms with Crippen molar-refractivity contribution in [2.45, 2.75) is 59.1 Å². The molecule has 1 aliphatic rings. The molecule has 6 nitrogen and oxygen atoms in total. The Morgan fingerprint density at radius 2 is 2.13 bits per heavy atom. The maximum atomic E-state index is 12.7. The second-order valence-electron chi connectivity index (χ2n) is 6.69. The van der Waals surface area contributed by atoms with Crippen LogP contribution in [0.2, 0.25) is 0 Å². The fraction of sp³-hybridized carbons (Fsp3) is 0.765. The van der Waals surface area contributed by atoms with E-state index in [9.17, 15) is 4.79 Å². The van der Waals surface area contributed by atoms with Crippen molar-refractivity contribution in [2.75, 3.05) is 19.7 Å². The summed E-state index contributed by atoms with van der Waals surface area (Å²) in [6, 6.07) is -0.0191. The molecule has 1 aromatic heterocycles. The molecule has 2 atom stereocenters. The predicted molar refractivity (Wildman–Crippen MR) is 90.5 cm³/mol. The standard InChI is InChI=1S/C17H30N4O2/c1-7-14(15-12(3)19-20(6)13(15)4)18-16(22)21-9-10-23-17(5,8-2)11-21/h14H,7-11H2,1-6H3,(H,18,22)/t14-,17-/m1/s1. The number of urea groups is 1. The van der Waals surface area contributed by atoms with E-state index < -0.39 is 0 Å². The third kappa shape index (κ3) is 3.68. The highest BCUT2D eigenvalue weighted by atomic mass is 16.5. The lowest BCUT2D eigenvalue weighted by atomic mass is 10.0. The van der Waals surface area contributed by atoms with Crippen LogP contribution in [0.1, 0.15) is 56.6 Å². The minimum Gasteiger partial charge on any atom is -0.372 e. The number of aromatic nitrogens is 2. The van der Waals surface area contributed by atoms with Gasteiger partial charge in [0.05, 0.1) is 30.5 Å². The van der Waals surface area contributed by atoms with E-state index in [-0.39, 0.29) is 17.7 Å². The molecule has 23 heavy (non-hydrogen) atoms. The Hall–Kier alpha value is -1.56. The van der Waals surface area contributed by atoms with Crippen LogP contribution in [0.15, 0.2) is 0 Å². The van der Waals surface area contributed by atoms with Gasteiger partial charge in [0.1, 0.15) is 0 Å². The number of rotatable bonds is 4. The maximum absolute atomic E-state index is 12.7. The van der Waals surface area contributed by atoms with Crippen LogP contribution in [-0.2, 0) is 11.8 Å². The molecule has 0 bridgehead atoms. The fourth-order valence-electron chi connectivity index (χ4n) is 3.23. The van der Waals surface area contributed by atoms with Crippen LogP contribution < -0.4 is 5.32 Å². The lowest BCUT2D eigenvalue weighted by molar-refractivity contribution is -0.0874. The molecule has 1 aliphatic heterocycles. The summed E-state index contributed by atoms with van der Waals surface area (Å²) >= 11 is 0. The van der Waals surface area contributed by atoms with Gasteiger partial charge in [-0.2, -0.15) is 5.10 Å². The van der Waals surface area contributed by atoms with Gasteiger partial charge in [-0.1, -0.05) is 13.8 Å². The molecule has 0 aromatic carbocycles. The normalized spacial score (nSPS) is 23.0. The molecule has 0 saturated carbocycles. The summed E-state index contributed by atoms with van der Waals surface area (Å²) in [5, 5.41) is 7.66. The van der Waals surface area contributed by atoms with Gasteiger partial charge in [0, 0.05) is 24.8 Å². The summed E-state index contributed by atoms with van der Waals surface area (Å²) in [6.45, 7) is 12.2. The number of nitrogens with zero attached hydrogens (tertiary/aromatic N) is 3. The highest BCUT2D eigenvalue weighted by Crippen LogP contribution is 2.25. The average molecular weight is 322 g/mol. The van der Waals surface area contributed by atoms with Crippen LogP contribution in [0.5, 0.6) is 0 Å². The fourth-order valence-corrected chi connectivity index (χ4v) is 3.23. The van der Waals surface area contributed by atoms with E-state index in [2.05, 4.69) is 31.2 Å². The number of ether oxygens (including phenoxy) is 1. The number of carbonyl (C=O) groups excluding carboxylic acids is 1. The van der Waals surface area contributed by atoms with Crippen LogP contribution in [0, 0.1) is 13.8 Å². The number of hydrogen-bond donors (Lipinski definition) is 1. The summed E-state index contributed by atoms with van der Waals surface area (Å²) in [5.41, 5.74) is 2.99. The van der Waals surface area contributed by atoms with E-state index in [0.717, 1.165) is 29.8 Å². The van der Waals surface area contributed by atoms with Gasteiger partial charge in [0.15, 0.2) is 0 Å². The smallest absolute Gasteiger partial charge is 0.318 e. The van der Waals surface area contributed by atoms with E-state index in [1.807, 2.05) is 30.5 Å². The Morgan fingerprint density at radius 3 is 2.65 bits per heavy atom. The van der Waals surface area contributed by atoms with E-state index in [1.165, 1.54) is 0 Å². The predicted octanol–water partition coefficient (Wildman–Crippen LogP) is 2.70. The molecule has 130 valence electrons. The molecule has 1 saturated heterocycles. The molecule has 2 heterocycles. The van der Waals surface area contributed by atoms with E-state index in [0.29, 0.717) is 19.7 Å². The summed E-state index contributed by atoms with van der Waals surface area (Å²) in [4.78, 5) is 14.6. The SMILES string of the molecule is CC[C@@H](NC(=O)N1CCO[C@](C)(CC)C1)c1c(C)nn(C)c1C. The van der Waals surface area contributed by atoms with Crippen molar-refractivity contribution >= 4 is 6.03 Å². The first-order chi connectivity index (χ1) is 10.8. The number of morpholine rings is 1. The molecule has 0 radical (unpaired) electrons. The first-order valence-electron chi connectivity index (χ1n) is 8.50. The summed E-state index contributed by atoms with van der Waals surface area (Å²) in [6.07, 6.45) is 1.74. The zero-order valence-corrected chi connectivity index (χ0v) is 15.3. The molecular formula is C17H30N4O2. The largest absolute Gasteiger partial charge is 0.372 e. The van der Waals surface area contributed by atoms with Crippen molar-refractivity contribution in [3.8, 4) is 0 Å². The molecule has 1 N–H and O–H groups in total. The lowest BCUT2D eigenvalue weighted by Gasteiger charge is -2.40. The maximum Gasteiger partial charge on any atom is 0.318 e. The van der Waals surface area contributed by atoms with E-state index in [4.69, 9.17) is 4.74 Å². The zero-order chi connectivity index (χ0) is 17.2. The highest BCUT2D eigenvalue weighted by molar-refractivity contribution is 5.75. The van der Waals surface area contributed by atoms with Crippen molar-refractivity contribution in [3.63, 3.8) is 0 Å². The minimum absolute atomic E-state index is 0.00747. The van der Waals surface area contributed by atoms with Gasteiger partial charge in [-0.25, -0.2) is 4.79 Å². The molecule has 0 spiro atoms. The van der Waals surface area contributed by atoms with Crippen LogP contribution in [0.4, 0.5) is 4.79 Å². The van der Waals surface area contributed by atoms with Gasteiger partial charge < -0.3 is 15.0 Å². The molecule has 6 heteroatoms. The summed E-state index contributed by atoms with van der Waals surface area (Å²) in [5.74, 6) is 0. The number of carbonyl (C=O) groups is 1. The minimum atomic E-state index is -0.239. The van der Waals surface area contributed by atoms with Gasteiger partial charge in [-0.05, 0) is 33.6 Å². The van der Waals surface area contributed by atoms with Gasteiger partial charge in [-0.15, -0.1) is 0 Å².